The fourth-order valence-corrected chi connectivity index (χ4v) is 2.25. The fraction of sp³-hybridized carbons (Fsp3) is 1.00. The molecule has 1 unspecified atom stereocenters. The van der Waals surface area contributed by atoms with E-state index < -0.39 is 0 Å². The number of piperidine rings is 1. The molecule has 0 aliphatic carbocycles. The van der Waals surface area contributed by atoms with Crippen LogP contribution in [0.25, 0.3) is 0 Å². The minimum atomic E-state index is -0.0556. The molecule has 1 rings (SSSR count). The van der Waals surface area contributed by atoms with Gasteiger partial charge in [0.15, 0.2) is 0 Å². The Labute approximate surface area is 99.4 Å². The van der Waals surface area contributed by atoms with Crippen LogP contribution in [0.15, 0.2) is 0 Å². The second kappa shape index (κ2) is 7.22. The zero-order chi connectivity index (χ0) is 12.0. The Morgan fingerprint density at radius 2 is 2.06 bits per heavy atom. The summed E-state index contributed by atoms with van der Waals surface area (Å²) in [5, 5.41) is 8.85. The molecule has 4 nitrogen and oxygen atoms in total. The van der Waals surface area contributed by atoms with Crippen LogP contribution in [0.5, 0.6) is 0 Å². The average Bonchev–Trinajstić information content (AvgIpc) is 2.29. The molecule has 1 aliphatic heterocycles. The summed E-state index contributed by atoms with van der Waals surface area (Å²) in [6, 6.07) is -0.0556. The molecule has 96 valence electrons. The number of nitrogens with zero attached hydrogens (tertiary/aromatic N) is 2. The van der Waals surface area contributed by atoms with Gasteiger partial charge in [-0.15, -0.1) is 0 Å². The van der Waals surface area contributed by atoms with Gasteiger partial charge in [0.05, 0.1) is 6.61 Å². The van der Waals surface area contributed by atoms with Gasteiger partial charge in [-0.2, -0.15) is 0 Å². The molecule has 0 saturated carbocycles. The number of hydrogen-bond donors (Lipinski definition) is 2. The maximum atomic E-state index is 8.85. The Bertz CT molecular complexity index is 181. The van der Waals surface area contributed by atoms with Crippen molar-refractivity contribution in [2.24, 2.45) is 11.7 Å². The summed E-state index contributed by atoms with van der Waals surface area (Å²) in [5.41, 5.74) is 5.69. The number of aliphatic hydroxyl groups excluding tert-OH is 1. The predicted octanol–water partition coefficient (Wildman–Crippen LogP) is -0.0303. The SMILES string of the molecule is CN1CCC(CN(C)CCC(N)CO)CC1. The Morgan fingerprint density at radius 3 is 2.62 bits per heavy atom. The van der Waals surface area contributed by atoms with Crippen LogP contribution in [-0.2, 0) is 0 Å². The molecule has 1 heterocycles. The second-order valence-electron chi connectivity index (χ2n) is 5.24. The van der Waals surface area contributed by atoms with E-state index in [1.807, 2.05) is 0 Å². The Hall–Kier alpha value is -0.160. The highest BCUT2D eigenvalue weighted by atomic mass is 16.3. The predicted molar refractivity (Wildman–Crippen MR) is 67.4 cm³/mol. The number of rotatable bonds is 6. The van der Waals surface area contributed by atoms with Gasteiger partial charge < -0.3 is 20.6 Å². The third-order valence-corrected chi connectivity index (χ3v) is 3.52. The summed E-state index contributed by atoms with van der Waals surface area (Å²) in [6.07, 6.45) is 3.51. The first-order valence-electron chi connectivity index (χ1n) is 6.35. The van der Waals surface area contributed by atoms with E-state index in [9.17, 15) is 0 Å². The Balaban J connectivity index is 2.11. The molecule has 0 amide bonds. The number of likely N-dealkylation sites (tertiary alicyclic amines) is 1. The Kier molecular flexibility index (Phi) is 6.28. The van der Waals surface area contributed by atoms with Crippen LogP contribution in [0.2, 0.25) is 0 Å². The van der Waals surface area contributed by atoms with Crippen molar-refractivity contribution in [2.45, 2.75) is 25.3 Å². The van der Waals surface area contributed by atoms with Crippen molar-refractivity contribution in [3.05, 3.63) is 0 Å². The molecular weight excluding hydrogens is 202 g/mol. The summed E-state index contributed by atoms with van der Waals surface area (Å²) in [5.74, 6) is 0.839. The first-order valence-corrected chi connectivity index (χ1v) is 6.35. The minimum absolute atomic E-state index is 0.0556. The maximum absolute atomic E-state index is 8.85. The van der Waals surface area contributed by atoms with Crippen LogP contribution in [-0.4, -0.2) is 67.8 Å². The molecule has 0 aromatic heterocycles. The lowest BCUT2D eigenvalue weighted by Gasteiger charge is -2.31. The first kappa shape index (κ1) is 13.9. The average molecular weight is 229 g/mol. The van der Waals surface area contributed by atoms with Crippen molar-refractivity contribution >= 4 is 0 Å². The van der Waals surface area contributed by atoms with Crippen molar-refractivity contribution in [2.75, 3.05) is 46.9 Å². The van der Waals surface area contributed by atoms with Gasteiger partial charge in [0.2, 0.25) is 0 Å². The van der Waals surface area contributed by atoms with Gasteiger partial charge in [-0.1, -0.05) is 0 Å². The quantitative estimate of drug-likeness (QED) is 0.671. The second-order valence-corrected chi connectivity index (χ2v) is 5.24. The first-order chi connectivity index (χ1) is 7.61. The molecule has 0 spiro atoms. The molecule has 1 saturated heterocycles. The molecule has 1 fully saturated rings. The lowest BCUT2D eigenvalue weighted by molar-refractivity contribution is 0.170. The van der Waals surface area contributed by atoms with E-state index >= 15 is 0 Å². The highest BCUT2D eigenvalue weighted by molar-refractivity contribution is 4.73. The van der Waals surface area contributed by atoms with Crippen LogP contribution in [0.3, 0.4) is 0 Å². The molecule has 0 bridgehead atoms. The lowest BCUT2D eigenvalue weighted by atomic mass is 9.96. The van der Waals surface area contributed by atoms with Crippen LogP contribution < -0.4 is 5.73 Å². The van der Waals surface area contributed by atoms with Crippen LogP contribution in [0.4, 0.5) is 0 Å². The number of aliphatic hydroxyl groups is 1. The van der Waals surface area contributed by atoms with Crippen LogP contribution in [0.1, 0.15) is 19.3 Å². The third kappa shape index (κ3) is 5.25. The summed E-state index contributed by atoms with van der Waals surface area (Å²) < 4.78 is 0. The van der Waals surface area contributed by atoms with E-state index in [0.717, 1.165) is 18.9 Å². The number of hydrogen-bond acceptors (Lipinski definition) is 4. The fourth-order valence-electron chi connectivity index (χ4n) is 2.25. The third-order valence-electron chi connectivity index (χ3n) is 3.52. The monoisotopic (exact) mass is 229 g/mol. The van der Waals surface area contributed by atoms with Gasteiger partial charge in [0.1, 0.15) is 0 Å². The standard InChI is InChI=1S/C12H27N3O/c1-14-6-3-11(4-7-14)9-15(2)8-5-12(13)10-16/h11-12,16H,3-10,13H2,1-2H3. The zero-order valence-corrected chi connectivity index (χ0v) is 10.7. The van der Waals surface area contributed by atoms with Crippen molar-refractivity contribution in [3.63, 3.8) is 0 Å². The van der Waals surface area contributed by atoms with Gasteiger partial charge >= 0.3 is 0 Å². The van der Waals surface area contributed by atoms with Crippen molar-refractivity contribution in [1.82, 2.24) is 9.80 Å². The van der Waals surface area contributed by atoms with Gasteiger partial charge in [-0.25, -0.2) is 0 Å². The summed E-state index contributed by atoms with van der Waals surface area (Å²) in [4.78, 5) is 4.75. The molecule has 16 heavy (non-hydrogen) atoms. The topological polar surface area (TPSA) is 52.7 Å². The van der Waals surface area contributed by atoms with Crippen molar-refractivity contribution in [3.8, 4) is 0 Å². The molecular formula is C12H27N3O. The summed E-state index contributed by atoms with van der Waals surface area (Å²) in [6.45, 7) is 4.73. The van der Waals surface area contributed by atoms with E-state index in [1.54, 1.807) is 0 Å². The van der Waals surface area contributed by atoms with E-state index in [4.69, 9.17) is 10.8 Å². The minimum Gasteiger partial charge on any atom is -0.395 e. The normalized spacial score (nSPS) is 21.6. The molecule has 1 atom stereocenters. The van der Waals surface area contributed by atoms with Crippen molar-refractivity contribution in [1.29, 1.82) is 0 Å². The largest absolute Gasteiger partial charge is 0.395 e. The van der Waals surface area contributed by atoms with Crippen LogP contribution >= 0.6 is 0 Å². The van der Waals surface area contributed by atoms with E-state index in [0.29, 0.717) is 0 Å². The van der Waals surface area contributed by atoms with Gasteiger partial charge in [0, 0.05) is 12.6 Å². The molecule has 3 N–H and O–H groups in total. The van der Waals surface area contributed by atoms with Gasteiger partial charge in [0.25, 0.3) is 0 Å². The molecule has 0 aromatic rings. The summed E-state index contributed by atoms with van der Waals surface area (Å²) >= 11 is 0. The smallest absolute Gasteiger partial charge is 0.0583 e. The summed E-state index contributed by atoms with van der Waals surface area (Å²) in [7, 11) is 4.35. The highest BCUT2D eigenvalue weighted by Gasteiger charge is 2.18. The Morgan fingerprint density at radius 1 is 1.44 bits per heavy atom. The van der Waals surface area contributed by atoms with Gasteiger partial charge in [-0.3, -0.25) is 0 Å². The maximum Gasteiger partial charge on any atom is 0.0583 e. The van der Waals surface area contributed by atoms with E-state index in [-0.39, 0.29) is 12.6 Å². The van der Waals surface area contributed by atoms with Crippen molar-refractivity contribution < 1.29 is 5.11 Å². The highest BCUT2D eigenvalue weighted by Crippen LogP contribution is 2.16. The molecule has 4 heteroatoms. The molecule has 0 aromatic carbocycles. The van der Waals surface area contributed by atoms with E-state index in [1.165, 1.54) is 32.5 Å². The number of nitrogens with two attached hydrogens (primary N) is 1. The zero-order valence-electron chi connectivity index (χ0n) is 10.7. The van der Waals surface area contributed by atoms with Crippen LogP contribution in [0, 0.1) is 5.92 Å². The molecule has 1 aliphatic rings. The van der Waals surface area contributed by atoms with E-state index in [2.05, 4.69) is 23.9 Å². The van der Waals surface area contributed by atoms with Gasteiger partial charge in [-0.05, 0) is 58.9 Å². The molecule has 0 radical (unpaired) electrons. The lowest BCUT2D eigenvalue weighted by Crippen LogP contribution is -2.37.